The van der Waals surface area contributed by atoms with Crippen molar-refractivity contribution in [1.82, 2.24) is 16.0 Å². The summed E-state index contributed by atoms with van der Waals surface area (Å²) in [6, 6.07) is -2.62. The molecule has 0 saturated heterocycles. The lowest BCUT2D eigenvalue weighted by molar-refractivity contribution is -0.138. The summed E-state index contributed by atoms with van der Waals surface area (Å²) < 4.78 is 0. The molecule has 0 aromatic heterocycles. The van der Waals surface area contributed by atoms with Gasteiger partial charge in [0.25, 0.3) is 0 Å². The van der Waals surface area contributed by atoms with Gasteiger partial charge in [-0.1, -0.05) is 0 Å². The zero-order chi connectivity index (χ0) is 18.7. The largest absolute Gasteiger partial charge is 0.480 e. The van der Waals surface area contributed by atoms with Crippen LogP contribution in [0.2, 0.25) is 0 Å². The molecule has 0 aromatic rings. The molecule has 0 aliphatic heterocycles. The topological polar surface area (TPSA) is 151 Å². The molecule has 0 aliphatic carbocycles. The van der Waals surface area contributed by atoms with Gasteiger partial charge in [-0.3, -0.25) is 19.2 Å². The number of carbonyl (C=O) groups is 4. The number of hydrogen-bond acceptors (Lipinski definition) is 7. The van der Waals surface area contributed by atoms with Crippen LogP contribution in [0.5, 0.6) is 0 Å². The second-order valence-corrected chi connectivity index (χ2v) is 6.32. The lowest BCUT2D eigenvalue weighted by Crippen LogP contribution is -2.55. The Kier molecular flexibility index (Phi) is 11.3. The van der Waals surface area contributed by atoms with Gasteiger partial charge in [0.1, 0.15) is 18.6 Å². The molecule has 3 atom stereocenters. The van der Waals surface area contributed by atoms with Crippen LogP contribution in [0.25, 0.3) is 0 Å². The number of amides is 3. The summed E-state index contributed by atoms with van der Waals surface area (Å²) in [5.41, 5.74) is 5.51. The number of aliphatic carboxylic acids is 1. The smallest absolute Gasteiger partial charge is 0.322 e. The zero-order valence-electron chi connectivity index (χ0n) is 13.6. The van der Waals surface area contributed by atoms with Gasteiger partial charge in [0.15, 0.2) is 0 Å². The average molecular weight is 380 g/mol. The third-order valence-electron chi connectivity index (χ3n) is 2.94. The second kappa shape index (κ2) is 12.0. The first-order valence-corrected chi connectivity index (χ1v) is 9.21. The van der Waals surface area contributed by atoms with Gasteiger partial charge >= 0.3 is 5.97 Å². The van der Waals surface area contributed by atoms with Crippen molar-refractivity contribution >= 4 is 48.1 Å². The molecule has 3 unspecified atom stereocenters. The summed E-state index contributed by atoms with van der Waals surface area (Å²) in [5.74, 6) is -2.13. The summed E-state index contributed by atoms with van der Waals surface area (Å²) in [7, 11) is 0. The zero-order valence-corrected chi connectivity index (χ0v) is 15.3. The summed E-state index contributed by atoms with van der Waals surface area (Å²) in [4.78, 5) is 46.2. The quantitative estimate of drug-likeness (QED) is 0.231. The summed E-state index contributed by atoms with van der Waals surface area (Å²) in [6.45, 7) is 0.923. The molecule has 0 aliphatic rings. The Labute approximate surface area is 150 Å². The highest BCUT2D eigenvalue weighted by molar-refractivity contribution is 7.98. The van der Waals surface area contributed by atoms with Gasteiger partial charge in [-0.25, -0.2) is 0 Å². The fourth-order valence-corrected chi connectivity index (χ4v) is 2.19. The standard InChI is InChI=1S/C13H24N4O5S2/c1-7(16-12(21)8(14)6-23)11(20)17-9(3-4-24-2)13(22)15-5-10(18)19/h7-9,23H,3-6,14H2,1-2H3,(H,15,22)(H,16,21)(H,17,20)(H,18,19). The molecule has 24 heavy (non-hydrogen) atoms. The summed E-state index contributed by atoms with van der Waals surface area (Å²) in [5, 5.41) is 15.7. The lowest BCUT2D eigenvalue weighted by atomic mass is 10.2. The molecule has 0 saturated carbocycles. The van der Waals surface area contributed by atoms with Crippen LogP contribution < -0.4 is 21.7 Å². The number of nitrogens with one attached hydrogen (secondary N) is 3. The number of nitrogens with two attached hydrogens (primary N) is 1. The van der Waals surface area contributed by atoms with E-state index in [1.807, 2.05) is 6.26 Å². The molecule has 138 valence electrons. The van der Waals surface area contributed by atoms with Crippen molar-refractivity contribution < 1.29 is 24.3 Å². The molecule has 0 rings (SSSR count). The third kappa shape index (κ3) is 8.99. The van der Waals surface area contributed by atoms with E-state index in [1.165, 1.54) is 18.7 Å². The molecule has 3 amide bonds. The van der Waals surface area contributed by atoms with Gasteiger partial charge in [0.2, 0.25) is 17.7 Å². The molecule has 0 spiro atoms. The van der Waals surface area contributed by atoms with E-state index in [1.54, 1.807) is 0 Å². The number of thioether (sulfide) groups is 1. The van der Waals surface area contributed by atoms with Gasteiger partial charge in [0, 0.05) is 5.75 Å². The maximum Gasteiger partial charge on any atom is 0.322 e. The fourth-order valence-electron chi connectivity index (χ4n) is 1.56. The second-order valence-electron chi connectivity index (χ2n) is 4.97. The Morgan fingerprint density at radius 3 is 2.29 bits per heavy atom. The SMILES string of the molecule is CSCCC(NC(=O)C(C)NC(=O)C(N)CS)C(=O)NCC(=O)O. The predicted octanol–water partition coefficient (Wildman–Crippen LogP) is -1.81. The fraction of sp³-hybridized carbons (Fsp3) is 0.692. The third-order valence-corrected chi connectivity index (χ3v) is 3.98. The van der Waals surface area contributed by atoms with Gasteiger partial charge in [-0.15, -0.1) is 0 Å². The van der Waals surface area contributed by atoms with Crippen molar-refractivity contribution in [3.8, 4) is 0 Å². The Morgan fingerprint density at radius 2 is 1.79 bits per heavy atom. The highest BCUT2D eigenvalue weighted by atomic mass is 32.2. The molecule has 11 heteroatoms. The van der Waals surface area contributed by atoms with E-state index in [0.717, 1.165) is 0 Å². The minimum absolute atomic E-state index is 0.133. The van der Waals surface area contributed by atoms with Gasteiger partial charge in [-0.2, -0.15) is 24.4 Å². The van der Waals surface area contributed by atoms with Crippen LogP contribution in [0.1, 0.15) is 13.3 Å². The molecule has 0 fully saturated rings. The molecule has 9 nitrogen and oxygen atoms in total. The predicted molar refractivity (Wildman–Crippen MR) is 95.0 cm³/mol. The molecule has 0 aromatic carbocycles. The number of carboxylic acids is 1. The van der Waals surface area contributed by atoms with Gasteiger partial charge in [-0.05, 0) is 25.4 Å². The maximum absolute atomic E-state index is 12.1. The van der Waals surface area contributed by atoms with E-state index in [-0.39, 0.29) is 5.75 Å². The number of rotatable bonds is 11. The van der Waals surface area contributed by atoms with Crippen molar-refractivity contribution in [2.45, 2.75) is 31.5 Å². The van der Waals surface area contributed by atoms with Crippen molar-refractivity contribution in [1.29, 1.82) is 0 Å². The van der Waals surface area contributed by atoms with Gasteiger partial charge < -0.3 is 26.8 Å². The van der Waals surface area contributed by atoms with Crippen LogP contribution in [0.3, 0.4) is 0 Å². The van der Waals surface area contributed by atoms with Crippen LogP contribution in [-0.4, -0.2) is 71.2 Å². The maximum atomic E-state index is 12.1. The molecule has 0 radical (unpaired) electrons. The number of hydrogen-bond donors (Lipinski definition) is 6. The van der Waals surface area contributed by atoms with Crippen LogP contribution in [0, 0.1) is 0 Å². The lowest BCUT2D eigenvalue weighted by Gasteiger charge is -2.21. The summed E-state index contributed by atoms with van der Waals surface area (Å²) >= 11 is 5.38. The average Bonchev–Trinajstić information content (AvgIpc) is 2.54. The van der Waals surface area contributed by atoms with Gasteiger partial charge in [0.05, 0.1) is 6.04 Å². The Hall–Kier alpha value is -1.46. The molecule has 6 N–H and O–H groups in total. The first-order chi connectivity index (χ1) is 11.2. The minimum atomic E-state index is -1.18. The minimum Gasteiger partial charge on any atom is -0.480 e. The van der Waals surface area contributed by atoms with E-state index < -0.39 is 48.4 Å². The van der Waals surface area contributed by atoms with Crippen LogP contribution >= 0.6 is 24.4 Å². The van der Waals surface area contributed by atoms with E-state index >= 15 is 0 Å². The first kappa shape index (κ1) is 22.5. The Morgan fingerprint density at radius 1 is 1.17 bits per heavy atom. The molecule has 0 heterocycles. The first-order valence-electron chi connectivity index (χ1n) is 7.18. The van der Waals surface area contributed by atoms with Crippen molar-refractivity contribution in [2.24, 2.45) is 5.73 Å². The van der Waals surface area contributed by atoms with E-state index in [2.05, 4.69) is 28.6 Å². The Balaban J connectivity index is 4.69. The molecular weight excluding hydrogens is 356 g/mol. The van der Waals surface area contributed by atoms with Crippen molar-refractivity contribution in [3.63, 3.8) is 0 Å². The van der Waals surface area contributed by atoms with E-state index in [4.69, 9.17) is 10.8 Å². The van der Waals surface area contributed by atoms with Crippen LogP contribution in [0.4, 0.5) is 0 Å². The normalized spacial score (nSPS) is 14.2. The van der Waals surface area contributed by atoms with Crippen molar-refractivity contribution in [2.75, 3.05) is 24.3 Å². The summed E-state index contributed by atoms with van der Waals surface area (Å²) in [6.07, 6.45) is 2.17. The molecular formula is C13H24N4O5S2. The van der Waals surface area contributed by atoms with E-state index in [0.29, 0.717) is 12.2 Å². The number of carbonyl (C=O) groups excluding carboxylic acids is 3. The number of thiol groups is 1. The van der Waals surface area contributed by atoms with Crippen LogP contribution in [-0.2, 0) is 19.2 Å². The molecule has 0 bridgehead atoms. The van der Waals surface area contributed by atoms with Crippen LogP contribution in [0.15, 0.2) is 0 Å². The van der Waals surface area contributed by atoms with Crippen molar-refractivity contribution in [3.05, 3.63) is 0 Å². The number of carboxylic acid groups (broad SMARTS) is 1. The Bertz CT molecular complexity index is 464. The highest BCUT2D eigenvalue weighted by Gasteiger charge is 2.25. The monoisotopic (exact) mass is 380 g/mol. The van der Waals surface area contributed by atoms with E-state index in [9.17, 15) is 19.2 Å². The highest BCUT2D eigenvalue weighted by Crippen LogP contribution is 2.02.